The summed E-state index contributed by atoms with van der Waals surface area (Å²) in [4.78, 5) is 16.9. The van der Waals surface area contributed by atoms with Gasteiger partial charge in [0.25, 0.3) is 0 Å². The number of nitrogens with two attached hydrogens (primary N) is 1. The second-order valence-electron chi connectivity index (χ2n) is 5.34. The molecule has 2 fully saturated rings. The summed E-state index contributed by atoms with van der Waals surface area (Å²) in [5, 5.41) is 10.6. The third-order valence-electron chi connectivity index (χ3n) is 4.07. The first-order chi connectivity index (χ1) is 10.1. The van der Waals surface area contributed by atoms with Crippen LogP contribution in [0.3, 0.4) is 0 Å². The lowest BCUT2D eigenvalue weighted by Gasteiger charge is -2.38. The lowest BCUT2D eigenvalue weighted by molar-refractivity contribution is -0.414. The van der Waals surface area contributed by atoms with Crippen molar-refractivity contribution in [1.29, 1.82) is 0 Å². The van der Waals surface area contributed by atoms with Crippen LogP contribution in [0, 0.1) is 10.1 Å². The Morgan fingerprint density at radius 3 is 2.48 bits per heavy atom. The van der Waals surface area contributed by atoms with Crippen molar-refractivity contribution in [3.05, 3.63) is 22.0 Å². The Labute approximate surface area is 128 Å². The molecule has 2 aliphatic heterocycles. The van der Waals surface area contributed by atoms with Crippen LogP contribution in [0.4, 0.5) is 0 Å². The summed E-state index contributed by atoms with van der Waals surface area (Å²) in [5.41, 5.74) is 4.88. The zero-order chi connectivity index (χ0) is 15.2. The van der Waals surface area contributed by atoms with Crippen molar-refractivity contribution < 1.29 is 9.66 Å². The Bertz CT molecular complexity index is 427. The lowest BCUT2D eigenvalue weighted by Crippen LogP contribution is -2.45. The van der Waals surface area contributed by atoms with Crippen LogP contribution in [-0.4, -0.2) is 53.4 Å². The molecule has 0 radical (unpaired) electrons. The SMILES string of the molecule is N/C=C(\C(Cl)=NC1CCN(C2CCOCC2)CC1)[N+](=O)[O-]. The van der Waals surface area contributed by atoms with Gasteiger partial charge in [0.1, 0.15) is 0 Å². The van der Waals surface area contributed by atoms with Crippen molar-refractivity contribution in [2.75, 3.05) is 26.3 Å². The van der Waals surface area contributed by atoms with Gasteiger partial charge in [0, 0.05) is 32.3 Å². The summed E-state index contributed by atoms with van der Waals surface area (Å²) < 4.78 is 5.38. The van der Waals surface area contributed by atoms with Crippen LogP contribution in [0.15, 0.2) is 16.9 Å². The molecule has 2 heterocycles. The van der Waals surface area contributed by atoms with Gasteiger partial charge in [-0.25, -0.2) is 0 Å². The molecule has 118 valence electrons. The molecule has 0 spiro atoms. The number of halogens is 1. The molecule has 21 heavy (non-hydrogen) atoms. The average molecular weight is 317 g/mol. The largest absolute Gasteiger partial charge is 0.399 e. The Morgan fingerprint density at radius 2 is 1.95 bits per heavy atom. The number of likely N-dealkylation sites (tertiary alicyclic amines) is 1. The maximum atomic E-state index is 10.7. The van der Waals surface area contributed by atoms with Gasteiger partial charge in [0.05, 0.1) is 17.2 Å². The summed E-state index contributed by atoms with van der Waals surface area (Å²) in [7, 11) is 0. The van der Waals surface area contributed by atoms with Crippen LogP contribution in [0.1, 0.15) is 25.7 Å². The van der Waals surface area contributed by atoms with Crippen molar-refractivity contribution in [3.8, 4) is 0 Å². The number of allylic oxidation sites excluding steroid dienone is 1. The molecular weight excluding hydrogens is 296 g/mol. The second-order valence-corrected chi connectivity index (χ2v) is 5.70. The monoisotopic (exact) mass is 316 g/mol. The van der Waals surface area contributed by atoms with E-state index in [4.69, 9.17) is 22.1 Å². The molecule has 0 unspecified atom stereocenters. The highest BCUT2D eigenvalue weighted by molar-refractivity contribution is 6.69. The Kier molecular flexibility index (Phi) is 5.96. The molecule has 0 aliphatic carbocycles. The van der Waals surface area contributed by atoms with E-state index in [9.17, 15) is 10.1 Å². The van der Waals surface area contributed by atoms with Gasteiger partial charge < -0.3 is 15.4 Å². The second kappa shape index (κ2) is 7.72. The van der Waals surface area contributed by atoms with Crippen LogP contribution >= 0.6 is 11.6 Å². The molecule has 0 aromatic carbocycles. The highest BCUT2D eigenvalue weighted by Gasteiger charge is 2.27. The fourth-order valence-corrected chi connectivity index (χ4v) is 3.13. The van der Waals surface area contributed by atoms with Crippen LogP contribution < -0.4 is 5.73 Å². The number of ether oxygens (including phenoxy) is 1. The standard InChI is InChI=1S/C13H21ClN4O3/c14-13(12(9-15)18(19)20)16-10-1-5-17(6-2-10)11-3-7-21-8-4-11/h9-11H,1-8,15H2/b12-9+,16-13?. The Hall–Kier alpha value is -1.18. The fraction of sp³-hybridized carbons (Fsp3) is 0.769. The van der Waals surface area contributed by atoms with Gasteiger partial charge in [-0.05, 0) is 25.7 Å². The number of aliphatic imine (C=N–C) groups is 1. The zero-order valence-electron chi connectivity index (χ0n) is 11.9. The molecule has 7 nitrogen and oxygen atoms in total. The quantitative estimate of drug-likeness (QED) is 0.480. The highest BCUT2D eigenvalue weighted by Crippen LogP contribution is 2.22. The molecule has 2 aliphatic rings. The van der Waals surface area contributed by atoms with Crippen LogP contribution in [0.5, 0.6) is 0 Å². The molecule has 0 bridgehead atoms. The number of hydrogen-bond donors (Lipinski definition) is 1. The van der Waals surface area contributed by atoms with Crippen LogP contribution in [0.25, 0.3) is 0 Å². The maximum Gasteiger partial charge on any atom is 0.321 e. The molecule has 0 atom stereocenters. The minimum Gasteiger partial charge on any atom is -0.399 e. The van der Waals surface area contributed by atoms with Crippen molar-refractivity contribution >= 4 is 16.8 Å². The molecule has 0 amide bonds. The summed E-state index contributed by atoms with van der Waals surface area (Å²) >= 11 is 5.89. The van der Waals surface area contributed by atoms with Crippen LogP contribution in [-0.2, 0) is 4.74 Å². The minimum absolute atomic E-state index is 0.0310. The molecule has 2 saturated heterocycles. The summed E-state index contributed by atoms with van der Waals surface area (Å²) in [6, 6.07) is 0.626. The Morgan fingerprint density at radius 1 is 1.33 bits per heavy atom. The van der Waals surface area contributed by atoms with Gasteiger partial charge in [-0.2, -0.15) is 0 Å². The number of piperidine rings is 1. The van der Waals surface area contributed by atoms with E-state index in [-0.39, 0.29) is 16.9 Å². The minimum atomic E-state index is -0.608. The van der Waals surface area contributed by atoms with Crippen molar-refractivity contribution in [2.24, 2.45) is 10.7 Å². The van der Waals surface area contributed by atoms with Gasteiger partial charge in [0.15, 0.2) is 0 Å². The van der Waals surface area contributed by atoms with E-state index in [0.717, 1.165) is 58.2 Å². The van der Waals surface area contributed by atoms with E-state index in [1.807, 2.05) is 0 Å². The predicted molar refractivity (Wildman–Crippen MR) is 81.0 cm³/mol. The van der Waals surface area contributed by atoms with E-state index in [0.29, 0.717) is 6.04 Å². The van der Waals surface area contributed by atoms with Gasteiger partial charge >= 0.3 is 5.70 Å². The number of nitrogens with zero attached hydrogens (tertiary/aromatic N) is 3. The zero-order valence-corrected chi connectivity index (χ0v) is 12.7. The van der Waals surface area contributed by atoms with Crippen LogP contribution in [0.2, 0.25) is 0 Å². The molecule has 8 heteroatoms. The average Bonchev–Trinajstić information content (AvgIpc) is 2.49. The lowest BCUT2D eigenvalue weighted by atomic mass is 10.00. The fourth-order valence-electron chi connectivity index (χ4n) is 2.86. The first kappa shape index (κ1) is 16.2. The first-order valence-electron chi connectivity index (χ1n) is 7.23. The topological polar surface area (TPSA) is 94.0 Å². The third-order valence-corrected chi connectivity index (χ3v) is 4.36. The van der Waals surface area contributed by atoms with E-state index in [1.165, 1.54) is 0 Å². The summed E-state index contributed by atoms with van der Waals surface area (Å²) in [5.74, 6) is 0. The molecule has 2 N–H and O–H groups in total. The summed E-state index contributed by atoms with van der Waals surface area (Å²) in [6.45, 7) is 3.57. The Balaban J connectivity index is 1.87. The van der Waals surface area contributed by atoms with Crippen molar-refractivity contribution in [1.82, 2.24) is 4.90 Å². The van der Waals surface area contributed by atoms with Crippen molar-refractivity contribution in [2.45, 2.75) is 37.8 Å². The smallest absolute Gasteiger partial charge is 0.321 e. The maximum absolute atomic E-state index is 10.7. The van der Waals surface area contributed by atoms with Gasteiger partial charge in [0.2, 0.25) is 5.17 Å². The molecule has 0 aromatic heterocycles. The number of nitro groups is 1. The van der Waals surface area contributed by atoms with E-state index < -0.39 is 4.92 Å². The summed E-state index contributed by atoms with van der Waals surface area (Å²) in [6.07, 6.45) is 4.78. The normalized spacial score (nSPS) is 24.2. The first-order valence-corrected chi connectivity index (χ1v) is 7.61. The number of hydrogen-bond acceptors (Lipinski definition) is 6. The van der Waals surface area contributed by atoms with E-state index in [1.54, 1.807) is 0 Å². The molecule has 0 aromatic rings. The van der Waals surface area contributed by atoms with E-state index in [2.05, 4.69) is 9.89 Å². The van der Waals surface area contributed by atoms with Gasteiger partial charge in [-0.15, -0.1) is 0 Å². The molecule has 2 rings (SSSR count). The highest BCUT2D eigenvalue weighted by atomic mass is 35.5. The van der Waals surface area contributed by atoms with Gasteiger partial charge in [-0.1, -0.05) is 11.6 Å². The van der Waals surface area contributed by atoms with E-state index >= 15 is 0 Å². The third kappa shape index (κ3) is 4.39. The molecule has 0 saturated carbocycles. The van der Waals surface area contributed by atoms with Gasteiger partial charge in [-0.3, -0.25) is 15.1 Å². The number of rotatable bonds is 4. The van der Waals surface area contributed by atoms with Crippen molar-refractivity contribution in [3.63, 3.8) is 0 Å². The molecular formula is C13H21ClN4O3. The predicted octanol–water partition coefficient (Wildman–Crippen LogP) is 1.34.